The molecule has 0 aliphatic carbocycles. The van der Waals surface area contributed by atoms with E-state index < -0.39 is 0 Å². The summed E-state index contributed by atoms with van der Waals surface area (Å²) in [6.45, 7) is 0. The topological polar surface area (TPSA) is 35.8 Å². The number of nitrogens with one attached hydrogen (secondary N) is 1. The molecule has 1 rings (SSSR count). The molecule has 74 valence electrons. The second kappa shape index (κ2) is 6.07. The zero-order valence-electron chi connectivity index (χ0n) is 7.83. The first-order valence-corrected chi connectivity index (χ1v) is 5.99. The van der Waals surface area contributed by atoms with Crippen LogP contribution in [0.4, 0.5) is 0 Å². The number of hydrogen-bond donors (Lipinski definition) is 1. The quantitative estimate of drug-likeness (QED) is 0.855. The van der Waals surface area contributed by atoms with Crippen LogP contribution >= 0.6 is 27.7 Å². The minimum atomic E-state index is -0.0843. The van der Waals surface area contributed by atoms with Gasteiger partial charge < -0.3 is 5.32 Å². The smallest absolute Gasteiger partial charge is 0.104 e. The third-order valence-electron chi connectivity index (χ3n) is 1.72. The molecule has 1 N–H and O–H groups in total. The van der Waals surface area contributed by atoms with Crippen LogP contribution in [0.5, 0.6) is 0 Å². The van der Waals surface area contributed by atoms with Crippen molar-refractivity contribution in [2.45, 2.75) is 10.9 Å². The van der Waals surface area contributed by atoms with Crippen molar-refractivity contribution >= 4 is 27.7 Å². The Balaban J connectivity index is 2.50. The monoisotopic (exact) mass is 270 g/mol. The summed E-state index contributed by atoms with van der Waals surface area (Å²) in [5.41, 5.74) is 0. The Morgan fingerprint density at radius 2 is 2.43 bits per heavy atom. The molecule has 0 heterocycles. The molecule has 1 aromatic carbocycles. The number of benzene rings is 1. The van der Waals surface area contributed by atoms with Crippen LogP contribution in [0.1, 0.15) is 0 Å². The fraction of sp³-hybridized carbons (Fsp3) is 0.300. The maximum Gasteiger partial charge on any atom is 0.104 e. The molecule has 0 fully saturated rings. The van der Waals surface area contributed by atoms with E-state index in [1.54, 1.807) is 18.8 Å². The summed E-state index contributed by atoms with van der Waals surface area (Å²) in [6.07, 6.45) is 0. The largest absolute Gasteiger partial charge is 0.304 e. The van der Waals surface area contributed by atoms with Gasteiger partial charge in [-0.25, -0.2) is 0 Å². The van der Waals surface area contributed by atoms with Gasteiger partial charge in [-0.2, -0.15) is 5.26 Å². The summed E-state index contributed by atoms with van der Waals surface area (Å²) in [6, 6.07) is 10.2. The van der Waals surface area contributed by atoms with Gasteiger partial charge >= 0.3 is 0 Å². The molecule has 0 amide bonds. The molecule has 0 aromatic heterocycles. The van der Waals surface area contributed by atoms with Crippen molar-refractivity contribution < 1.29 is 0 Å². The average molecular weight is 271 g/mol. The van der Waals surface area contributed by atoms with Crippen LogP contribution in [0.25, 0.3) is 0 Å². The first-order valence-electron chi connectivity index (χ1n) is 4.21. The highest BCUT2D eigenvalue weighted by atomic mass is 79.9. The summed E-state index contributed by atoms with van der Waals surface area (Å²) in [4.78, 5) is 1.18. The fourth-order valence-corrected chi connectivity index (χ4v) is 2.46. The Morgan fingerprint density at radius 3 is 3.00 bits per heavy atom. The van der Waals surface area contributed by atoms with Crippen molar-refractivity contribution in [3.63, 3.8) is 0 Å². The predicted octanol–water partition coefficient (Wildman–Crippen LogP) is 2.65. The minimum Gasteiger partial charge on any atom is -0.304 e. The Hall–Kier alpha value is -0.500. The number of hydrogen-bond acceptors (Lipinski definition) is 3. The number of thioether (sulfide) groups is 1. The summed E-state index contributed by atoms with van der Waals surface area (Å²) >= 11 is 5.09. The lowest BCUT2D eigenvalue weighted by atomic mass is 10.4. The highest BCUT2D eigenvalue weighted by Gasteiger charge is 2.04. The van der Waals surface area contributed by atoms with Gasteiger partial charge in [0.05, 0.1) is 6.07 Å². The van der Waals surface area contributed by atoms with Gasteiger partial charge in [0.1, 0.15) is 6.04 Å². The molecular weight excluding hydrogens is 260 g/mol. The molecule has 0 saturated carbocycles. The first-order chi connectivity index (χ1) is 6.76. The number of nitrogens with zero attached hydrogens (tertiary/aromatic N) is 1. The van der Waals surface area contributed by atoms with Crippen LogP contribution in [0, 0.1) is 11.3 Å². The van der Waals surface area contributed by atoms with Crippen LogP contribution in [0.15, 0.2) is 33.6 Å². The third kappa shape index (κ3) is 3.70. The van der Waals surface area contributed by atoms with Crippen molar-refractivity contribution in [3.8, 4) is 6.07 Å². The number of rotatable bonds is 4. The van der Waals surface area contributed by atoms with Gasteiger partial charge in [-0.1, -0.05) is 22.0 Å². The van der Waals surface area contributed by atoms with Crippen molar-refractivity contribution in [3.05, 3.63) is 28.7 Å². The molecule has 2 nitrogen and oxygen atoms in total. The second-order valence-electron chi connectivity index (χ2n) is 2.74. The lowest BCUT2D eigenvalue weighted by molar-refractivity contribution is 0.750. The first kappa shape index (κ1) is 11.6. The van der Waals surface area contributed by atoms with E-state index in [1.165, 1.54) is 4.90 Å². The van der Waals surface area contributed by atoms with Gasteiger partial charge in [0.15, 0.2) is 0 Å². The van der Waals surface area contributed by atoms with Gasteiger partial charge in [-0.15, -0.1) is 11.8 Å². The molecule has 14 heavy (non-hydrogen) atoms. The van der Waals surface area contributed by atoms with Crippen molar-refractivity contribution in [1.29, 1.82) is 5.26 Å². The SMILES string of the molecule is CNC(C#N)CSc1cccc(Br)c1. The molecule has 1 atom stereocenters. The number of nitriles is 1. The molecular formula is C10H11BrN2S. The molecule has 1 aromatic rings. The molecule has 0 spiro atoms. The average Bonchev–Trinajstić information content (AvgIpc) is 2.19. The van der Waals surface area contributed by atoms with E-state index in [2.05, 4.69) is 33.4 Å². The molecule has 0 aliphatic heterocycles. The lowest BCUT2D eigenvalue weighted by Crippen LogP contribution is -2.25. The summed E-state index contributed by atoms with van der Waals surface area (Å²) in [7, 11) is 1.80. The molecule has 4 heteroatoms. The van der Waals surface area contributed by atoms with Crippen molar-refractivity contribution in [2.24, 2.45) is 0 Å². The lowest BCUT2D eigenvalue weighted by Gasteiger charge is -2.06. The van der Waals surface area contributed by atoms with Gasteiger partial charge in [0.2, 0.25) is 0 Å². The van der Waals surface area contributed by atoms with E-state index >= 15 is 0 Å². The van der Waals surface area contributed by atoms with Crippen LogP contribution in [-0.2, 0) is 0 Å². The Morgan fingerprint density at radius 1 is 1.64 bits per heavy atom. The fourth-order valence-electron chi connectivity index (χ4n) is 0.921. The van der Waals surface area contributed by atoms with Gasteiger partial charge in [-0.3, -0.25) is 0 Å². The van der Waals surface area contributed by atoms with Crippen molar-refractivity contribution in [1.82, 2.24) is 5.32 Å². The van der Waals surface area contributed by atoms with Gasteiger partial charge in [-0.05, 0) is 25.2 Å². The van der Waals surface area contributed by atoms with Gasteiger partial charge in [0.25, 0.3) is 0 Å². The molecule has 0 bridgehead atoms. The summed E-state index contributed by atoms with van der Waals surface area (Å²) in [5.74, 6) is 0.767. The Labute approximate surface area is 96.8 Å². The maximum absolute atomic E-state index is 8.72. The summed E-state index contributed by atoms with van der Waals surface area (Å²) in [5, 5.41) is 11.7. The highest BCUT2D eigenvalue weighted by Crippen LogP contribution is 2.22. The molecule has 0 aliphatic rings. The number of halogens is 1. The zero-order chi connectivity index (χ0) is 10.4. The Kier molecular flexibility index (Phi) is 5.02. The summed E-state index contributed by atoms with van der Waals surface area (Å²) < 4.78 is 1.07. The maximum atomic E-state index is 8.72. The van der Waals surface area contributed by atoms with Crippen LogP contribution in [-0.4, -0.2) is 18.8 Å². The molecule has 0 radical (unpaired) electrons. The van der Waals surface area contributed by atoms with Gasteiger partial charge in [0, 0.05) is 15.1 Å². The predicted molar refractivity (Wildman–Crippen MR) is 63.3 cm³/mol. The third-order valence-corrected chi connectivity index (χ3v) is 3.30. The van der Waals surface area contributed by atoms with E-state index in [1.807, 2.05) is 18.2 Å². The van der Waals surface area contributed by atoms with E-state index in [0.29, 0.717) is 0 Å². The van der Waals surface area contributed by atoms with E-state index in [4.69, 9.17) is 5.26 Å². The van der Waals surface area contributed by atoms with E-state index in [0.717, 1.165) is 10.2 Å². The Bertz CT molecular complexity index is 335. The highest BCUT2D eigenvalue weighted by molar-refractivity contribution is 9.10. The molecule has 1 unspecified atom stereocenters. The van der Waals surface area contributed by atoms with E-state index in [-0.39, 0.29) is 6.04 Å². The van der Waals surface area contributed by atoms with Crippen LogP contribution < -0.4 is 5.32 Å². The normalized spacial score (nSPS) is 12.1. The van der Waals surface area contributed by atoms with Crippen LogP contribution in [0.3, 0.4) is 0 Å². The van der Waals surface area contributed by atoms with E-state index in [9.17, 15) is 0 Å². The van der Waals surface area contributed by atoms with Crippen molar-refractivity contribution in [2.75, 3.05) is 12.8 Å². The van der Waals surface area contributed by atoms with Crippen LogP contribution in [0.2, 0.25) is 0 Å². The second-order valence-corrected chi connectivity index (χ2v) is 4.75. The minimum absolute atomic E-state index is 0.0843. The molecule has 0 saturated heterocycles. The standard InChI is InChI=1S/C10H11BrN2S/c1-13-9(6-12)7-14-10-4-2-3-8(11)5-10/h2-5,9,13H,7H2,1H3. The zero-order valence-corrected chi connectivity index (χ0v) is 10.2.